The third-order valence-electron chi connectivity index (χ3n) is 9.11. The molecule has 0 spiro atoms. The zero-order valence-electron chi connectivity index (χ0n) is 30.0. The molecule has 7 rings (SSSR count). The van der Waals surface area contributed by atoms with E-state index in [1.165, 1.54) is 33.4 Å². The maximum absolute atomic E-state index is 4.69. The van der Waals surface area contributed by atoms with Gasteiger partial charge in [0.05, 0.1) is 0 Å². The Hall–Kier alpha value is -4.05. The molecule has 0 unspecified atom stereocenters. The van der Waals surface area contributed by atoms with E-state index in [1.807, 2.05) is 0 Å². The number of benzene rings is 3. The second kappa shape index (κ2) is 20.3. The molecule has 0 bridgehead atoms. The standard InChI is InChI=1S/C44H44N6.2Zn/c1-5-25-45-41(9-1)31-49(32-42-10-2-6-26-46-42)29-35-13-17-37(18-14-35)39-21-23-40(24-22-39)38-19-15-36(16-20-38)30-50(33-43-11-3-7-27-47-43)34-44-12-4-8-28-48-44;;/h1-24H,25-34H2;;/q-4;2*+2. The molecule has 6 nitrogen and oxygen atoms in total. The van der Waals surface area contributed by atoms with Crippen molar-refractivity contribution in [2.45, 2.75) is 13.1 Å². The van der Waals surface area contributed by atoms with Gasteiger partial charge < -0.3 is 21.3 Å². The van der Waals surface area contributed by atoms with Crippen molar-refractivity contribution in [3.8, 4) is 22.3 Å². The van der Waals surface area contributed by atoms with Gasteiger partial charge >= 0.3 is 39.0 Å². The van der Waals surface area contributed by atoms with Crippen LogP contribution < -0.4 is 0 Å². The SMILES string of the molecule is C1=CC[N-]C(CN(CC2=CC=CC[N-]2)Cc2ccc(-c3ccc(-c4ccc(CN(CC5=CC=CC[N-]5)CC5=CC=CC[N-]5)cc4)cc3)cc2)=C1.[Zn+2].[Zn+2]. The van der Waals surface area contributed by atoms with Gasteiger partial charge in [0, 0.05) is 39.3 Å². The molecule has 4 aliphatic heterocycles. The molecule has 52 heavy (non-hydrogen) atoms. The second-order valence-corrected chi connectivity index (χ2v) is 13.0. The molecule has 0 aromatic heterocycles. The molecule has 0 amide bonds. The van der Waals surface area contributed by atoms with Gasteiger partial charge in [-0.25, -0.2) is 0 Å². The molecule has 4 aliphatic rings. The van der Waals surface area contributed by atoms with Crippen LogP contribution in [0.4, 0.5) is 0 Å². The second-order valence-electron chi connectivity index (χ2n) is 13.0. The smallest absolute Gasteiger partial charge is 0.684 e. The van der Waals surface area contributed by atoms with E-state index in [2.05, 4.69) is 156 Å². The largest absolute Gasteiger partial charge is 2.00 e. The van der Waals surface area contributed by atoms with Crippen LogP contribution in [0.3, 0.4) is 0 Å². The monoisotopic (exact) mass is 784 g/mol. The summed E-state index contributed by atoms with van der Waals surface area (Å²) in [5.41, 5.74) is 11.9. The van der Waals surface area contributed by atoms with Gasteiger partial charge in [-0.1, -0.05) is 121 Å². The van der Waals surface area contributed by atoms with Crippen molar-refractivity contribution < 1.29 is 39.0 Å². The van der Waals surface area contributed by atoms with Crippen molar-refractivity contribution >= 4 is 0 Å². The zero-order chi connectivity index (χ0) is 33.8. The summed E-state index contributed by atoms with van der Waals surface area (Å²) in [5.74, 6) is 0. The summed E-state index contributed by atoms with van der Waals surface area (Å²) in [6, 6.07) is 26.9. The summed E-state index contributed by atoms with van der Waals surface area (Å²) < 4.78 is 0. The molecular formula is C44H44N6Zn2. The molecule has 4 heterocycles. The molecule has 0 fully saturated rings. The van der Waals surface area contributed by atoms with Crippen LogP contribution >= 0.6 is 0 Å². The Kier molecular flexibility index (Phi) is 15.3. The molecule has 0 radical (unpaired) electrons. The number of hydrogen-bond acceptors (Lipinski definition) is 2. The van der Waals surface area contributed by atoms with Crippen LogP contribution in [0.1, 0.15) is 11.1 Å². The average molecular weight is 788 g/mol. The fourth-order valence-corrected chi connectivity index (χ4v) is 6.49. The number of hydrogen-bond donors (Lipinski definition) is 0. The first kappa shape index (κ1) is 39.2. The van der Waals surface area contributed by atoms with Crippen LogP contribution in [-0.2, 0) is 52.0 Å². The fraction of sp³-hybridized carbons (Fsp3) is 0.227. The van der Waals surface area contributed by atoms with Crippen molar-refractivity contribution in [2.75, 3.05) is 52.4 Å². The van der Waals surface area contributed by atoms with Crippen LogP contribution in [0.2, 0.25) is 0 Å². The number of nitrogens with zero attached hydrogens (tertiary/aromatic N) is 6. The molecule has 0 N–H and O–H groups in total. The first-order chi connectivity index (χ1) is 24.7. The van der Waals surface area contributed by atoms with Crippen molar-refractivity contribution in [1.82, 2.24) is 9.80 Å². The summed E-state index contributed by atoms with van der Waals surface area (Å²) in [4.78, 5) is 4.86. The van der Waals surface area contributed by atoms with Gasteiger partial charge in [0.25, 0.3) is 0 Å². The van der Waals surface area contributed by atoms with E-state index in [-0.39, 0.29) is 39.0 Å². The van der Waals surface area contributed by atoms with Crippen molar-refractivity contribution in [3.05, 3.63) is 201 Å². The van der Waals surface area contributed by atoms with Crippen LogP contribution in [0.5, 0.6) is 0 Å². The van der Waals surface area contributed by atoms with Gasteiger partial charge in [-0.3, -0.25) is 9.80 Å². The van der Waals surface area contributed by atoms with Gasteiger partial charge in [-0.2, -0.15) is 0 Å². The molecule has 0 atom stereocenters. The topological polar surface area (TPSA) is 62.9 Å². The number of rotatable bonds is 14. The Bertz CT molecular complexity index is 1640. The summed E-state index contributed by atoms with van der Waals surface area (Å²) in [5, 5.41) is 18.8. The van der Waals surface area contributed by atoms with E-state index in [4.69, 9.17) is 21.3 Å². The van der Waals surface area contributed by atoms with Crippen molar-refractivity contribution in [2.24, 2.45) is 0 Å². The third-order valence-corrected chi connectivity index (χ3v) is 9.11. The maximum Gasteiger partial charge on any atom is 2.00 e. The first-order valence-electron chi connectivity index (χ1n) is 17.6. The summed E-state index contributed by atoms with van der Waals surface area (Å²) in [7, 11) is 0. The normalized spacial score (nSPS) is 15.9. The minimum Gasteiger partial charge on any atom is -0.684 e. The fourth-order valence-electron chi connectivity index (χ4n) is 6.49. The molecule has 3 aromatic rings. The molecule has 0 aliphatic carbocycles. The molecule has 8 heteroatoms. The van der Waals surface area contributed by atoms with Crippen molar-refractivity contribution in [3.63, 3.8) is 0 Å². The summed E-state index contributed by atoms with van der Waals surface area (Å²) >= 11 is 0. The predicted octanol–water partition coefficient (Wildman–Crippen LogP) is 9.93. The Balaban J connectivity index is 0.00000261. The van der Waals surface area contributed by atoms with E-state index in [1.54, 1.807) is 0 Å². The predicted molar refractivity (Wildman–Crippen MR) is 210 cm³/mol. The van der Waals surface area contributed by atoms with Gasteiger partial charge in [0.2, 0.25) is 0 Å². The van der Waals surface area contributed by atoms with Gasteiger partial charge in [-0.15, -0.1) is 73.3 Å². The number of allylic oxidation sites excluding steroid dienone is 8. The third kappa shape index (κ3) is 11.5. The van der Waals surface area contributed by atoms with Crippen LogP contribution in [0.15, 0.2) is 168 Å². The Labute approximate surface area is 335 Å². The van der Waals surface area contributed by atoms with Gasteiger partial charge in [-0.05, 0) is 33.4 Å². The average Bonchev–Trinajstić information content (AvgIpc) is 3.17. The van der Waals surface area contributed by atoms with E-state index in [9.17, 15) is 0 Å². The molecule has 254 valence electrons. The summed E-state index contributed by atoms with van der Waals surface area (Å²) in [6.45, 7) is 7.95. The first-order valence-corrected chi connectivity index (χ1v) is 17.6. The van der Waals surface area contributed by atoms with Crippen LogP contribution in [0.25, 0.3) is 43.5 Å². The maximum atomic E-state index is 4.69. The minimum atomic E-state index is 0. The Morgan fingerprint density at radius 2 is 0.596 bits per heavy atom. The van der Waals surface area contributed by atoms with E-state index in [0.29, 0.717) is 0 Å². The van der Waals surface area contributed by atoms with Crippen LogP contribution in [0, 0.1) is 0 Å². The van der Waals surface area contributed by atoms with Gasteiger partial charge in [0.1, 0.15) is 0 Å². The van der Waals surface area contributed by atoms with E-state index in [0.717, 1.165) is 88.2 Å². The molecule has 0 saturated carbocycles. The Morgan fingerprint density at radius 1 is 0.346 bits per heavy atom. The quantitative estimate of drug-likeness (QED) is 0.153. The molecule has 0 saturated heterocycles. The summed E-state index contributed by atoms with van der Waals surface area (Å²) in [6.07, 6.45) is 25.3. The molecule has 3 aromatic carbocycles. The Morgan fingerprint density at radius 3 is 0.827 bits per heavy atom. The van der Waals surface area contributed by atoms with E-state index >= 15 is 0 Å². The molecular weight excluding hydrogens is 743 g/mol. The van der Waals surface area contributed by atoms with E-state index < -0.39 is 0 Å². The zero-order valence-corrected chi connectivity index (χ0v) is 36.0. The van der Waals surface area contributed by atoms with Crippen LogP contribution in [-0.4, -0.2) is 62.2 Å². The van der Waals surface area contributed by atoms with Gasteiger partial charge in [0.15, 0.2) is 0 Å². The minimum absolute atomic E-state index is 0. The van der Waals surface area contributed by atoms with Crippen molar-refractivity contribution in [1.29, 1.82) is 0 Å².